The highest BCUT2D eigenvalue weighted by atomic mass is 32.2. The number of amidine groups is 1. The van der Waals surface area contributed by atoms with E-state index in [2.05, 4.69) is 11.1 Å². The normalized spacial score (nSPS) is 16.3. The molecule has 2 aromatic carbocycles. The molecular formula is C24H19N3O3S. The number of benzene rings is 2. The van der Waals surface area contributed by atoms with Crippen molar-refractivity contribution in [2.45, 2.75) is 0 Å². The fourth-order valence-corrected chi connectivity index (χ4v) is 4.01. The molecule has 1 amide bonds. The van der Waals surface area contributed by atoms with Crippen molar-refractivity contribution in [2.75, 3.05) is 20.3 Å². The van der Waals surface area contributed by atoms with Crippen molar-refractivity contribution in [3.05, 3.63) is 83.0 Å². The number of rotatable bonds is 6. The van der Waals surface area contributed by atoms with Gasteiger partial charge in [0.05, 0.1) is 35.4 Å². The third kappa shape index (κ3) is 4.77. The first-order chi connectivity index (χ1) is 15.2. The van der Waals surface area contributed by atoms with Crippen molar-refractivity contribution in [3.63, 3.8) is 0 Å². The van der Waals surface area contributed by atoms with Crippen molar-refractivity contribution >= 4 is 34.6 Å². The average molecular weight is 430 g/mol. The Morgan fingerprint density at radius 2 is 1.90 bits per heavy atom. The van der Waals surface area contributed by atoms with Crippen molar-refractivity contribution in [3.8, 4) is 17.4 Å². The minimum absolute atomic E-state index is 0.131. The van der Waals surface area contributed by atoms with Crippen LogP contribution in [0, 0.1) is 11.3 Å². The van der Waals surface area contributed by atoms with E-state index in [1.807, 2.05) is 54.6 Å². The number of aliphatic imine (C=N–C) groups is 1. The number of nitrogens with zero attached hydrogens (tertiary/aromatic N) is 3. The van der Waals surface area contributed by atoms with Crippen LogP contribution in [0.1, 0.15) is 11.3 Å². The molecular weight excluding hydrogens is 410 g/mol. The van der Waals surface area contributed by atoms with E-state index in [9.17, 15) is 4.79 Å². The van der Waals surface area contributed by atoms with Gasteiger partial charge in [0, 0.05) is 18.7 Å². The fourth-order valence-electron chi connectivity index (χ4n) is 3.01. The average Bonchev–Trinajstić information content (AvgIpc) is 3.38. The summed E-state index contributed by atoms with van der Waals surface area (Å²) in [5.74, 6) is 1.11. The standard InChI is InChI=1S/C24H19N3O3S/c1-29-14-13-27-23(28)22(31-24(27)26-19-5-3-2-4-6-19)15-20-11-12-21(30-20)18-9-7-17(16-25)8-10-18/h2-12,15H,13-14H2,1H3/b22-15+,26-24?. The van der Waals surface area contributed by atoms with E-state index in [-0.39, 0.29) is 5.91 Å². The smallest absolute Gasteiger partial charge is 0.266 e. The first-order valence-electron chi connectivity index (χ1n) is 9.62. The molecule has 31 heavy (non-hydrogen) atoms. The molecule has 1 aromatic heterocycles. The van der Waals surface area contributed by atoms with Gasteiger partial charge in [0.2, 0.25) is 0 Å². The quantitative estimate of drug-likeness (QED) is 0.511. The molecule has 7 heteroatoms. The number of thioether (sulfide) groups is 1. The Hall–Kier alpha value is -3.60. The maximum absolute atomic E-state index is 13.0. The maximum atomic E-state index is 13.0. The van der Waals surface area contributed by atoms with Gasteiger partial charge in [-0.05, 0) is 60.3 Å². The van der Waals surface area contributed by atoms with Crippen LogP contribution in [0.5, 0.6) is 0 Å². The van der Waals surface area contributed by atoms with E-state index in [1.54, 1.807) is 30.2 Å². The zero-order chi connectivity index (χ0) is 21.6. The molecule has 1 saturated heterocycles. The van der Waals surface area contributed by atoms with E-state index >= 15 is 0 Å². The summed E-state index contributed by atoms with van der Waals surface area (Å²) in [5, 5.41) is 9.55. The zero-order valence-corrected chi connectivity index (χ0v) is 17.6. The van der Waals surface area contributed by atoms with E-state index in [0.717, 1.165) is 11.3 Å². The maximum Gasteiger partial charge on any atom is 0.266 e. The van der Waals surface area contributed by atoms with Crippen LogP contribution in [0.25, 0.3) is 17.4 Å². The lowest BCUT2D eigenvalue weighted by atomic mass is 10.1. The molecule has 0 unspecified atom stereocenters. The van der Waals surface area contributed by atoms with Gasteiger partial charge in [0.25, 0.3) is 5.91 Å². The summed E-state index contributed by atoms with van der Waals surface area (Å²) in [6.45, 7) is 0.830. The zero-order valence-electron chi connectivity index (χ0n) is 16.8. The minimum atomic E-state index is -0.131. The van der Waals surface area contributed by atoms with Gasteiger partial charge in [-0.3, -0.25) is 9.69 Å². The lowest BCUT2D eigenvalue weighted by Crippen LogP contribution is -2.32. The van der Waals surface area contributed by atoms with Crippen molar-refractivity contribution in [2.24, 2.45) is 4.99 Å². The van der Waals surface area contributed by atoms with Gasteiger partial charge >= 0.3 is 0 Å². The van der Waals surface area contributed by atoms with Gasteiger partial charge in [-0.25, -0.2) is 4.99 Å². The highest BCUT2D eigenvalue weighted by molar-refractivity contribution is 8.18. The van der Waals surface area contributed by atoms with Crippen LogP contribution in [-0.2, 0) is 9.53 Å². The fraction of sp³-hybridized carbons (Fsp3) is 0.125. The molecule has 154 valence electrons. The molecule has 0 saturated carbocycles. The molecule has 1 aliphatic rings. The number of methoxy groups -OCH3 is 1. The molecule has 6 nitrogen and oxygen atoms in total. The lowest BCUT2D eigenvalue weighted by Gasteiger charge is -2.14. The van der Waals surface area contributed by atoms with E-state index in [4.69, 9.17) is 14.4 Å². The Morgan fingerprint density at radius 1 is 1.13 bits per heavy atom. The Morgan fingerprint density at radius 3 is 2.61 bits per heavy atom. The molecule has 2 heterocycles. The molecule has 0 aliphatic carbocycles. The predicted molar refractivity (Wildman–Crippen MR) is 122 cm³/mol. The highest BCUT2D eigenvalue weighted by Crippen LogP contribution is 2.35. The number of furan rings is 1. The topological polar surface area (TPSA) is 78.8 Å². The minimum Gasteiger partial charge on any atom is -0.457 e. The van der Waals surface area contributed by atoms with Crippen LogP contribution in [0.4, 0.5) is 5.69 Å². The molecule has 0 spiro atoms. The number of carbonyl (C=O) groups is 1. The van der Waals surface area contributed by atoms with Gasteiger partial charge < -0.3 is 9.15 Å². The Kier molecular flexibility index (Phi) is 6.32. The number of hydrogen-bond donors (Lipinski definition) is 0. The molecule has 0 N–H and O–H groups in total. The van der Waals surface area contributed by atoms with Crippen molar-refractivity contribution < 1.29 is 13.9 Å². The first kappa shape index (κ1) is 20.7. The molecule has 1 aliphatic heterocycles. The van der Waals surface area contributed by atoms with Crippen LogP contribution < -0.4 is 0 Å². The van der Waals surface area contributed by atoms with Crippen LogP contribution in [0.2, 0.25) is 0 Å². The highest BCUT2D eigenvalue weighted by Gasteiger charge is 2.33. The lowest BCUT2D eigenvalue weighted by molar-refractivity contribution is -0.122. The van der Waals surface area contributed by atoms with Crippen molar-refractivity contribution in [1.82, 2.24) is 4.90 Å². The third-order valence-corrected chi connectivity index (χ3v) is 5.59. The molecule has 4 rings (SSSR count). The van der Waals surface area contributed by atoms with Crippen LogP contribution >= 0.6 is 11.8 Å². The number of amides is 1. The molecule has 0 atom stereocenters. The monoisotopic (exact) mass is 429 g/mol. The number of hydrogen-bond acceptors (Lipinski definition) is 6. The molecule has 0 radical (unpaired) electrons. The molecule has 3 aromatic rings. The Labute approximate surface area is 184 Å². The molecule has 1 fully saturated rings. The van der Waals surface area contributed by atoms with Gasteiger partial charge in [-0.2, -0.15) is 5.26 Å². The summed E-state index contributed by atoms with van der Waals surface area (Å²) in [7, 11) is 1.60. The second kappa shape index (κ2) is 9.47. The summed E-state index contributed by atoms with van der Waals surface area (Å²) >= 11 is 1.31. The number of ether oxygens (including phenoxy) is 1. The largest absolute Gasteiger partial charge is 0.457 e. The second-order valence-electron chi connectivity index (χ2n) is 6.68. The summed E-state index contributed by atoms with van der Waals surface area (Å²) in [6.07, 6.45) is 1.73. The number of carbonyl (C=O) groups excluding carboxylic acids is 1. The third-order valence-electron chi connectivity index (χ3n) is 4.59. The second-order valence-corrected chi connectivity index (χ2v) is 7.69. The predicted octanol–water partition coefficient (Wildman–Crippen LogP) is 5.07. The van der Waals surface area contributed by atoms with E-state index in [0.29, 0.717) is 40.3 Å². The summed E-state index contributed by atoms with van der Waals surface area (Å²) in [4.78, 5) is 19.8. The van der Waals surface area contributed by atoms with E-state index < -0.39 is 0 Å². The first-order valence-corrected chi connectivity index (χ1v) is 10.4. The summed E-state index contributed by atoms with van der Waals surface area (Å²) in [6, 6.07) is 22.4. The van der Waals surface area contributed by atoms with Crippen LogP contribution in [-0.4, -0.2) is 36.2 Å². The summed E-state index contributed by atoms with van der Waals surface area (Å²) in [5.41, 5.74) is 2.23. The molecule has 0 bridgehead atoms. The van der Waals surface area contributed by atoms with Gasteiger partial charge in [-0.15, -0.1) is 0 Å². The van der Waals surface area contributed by atoms with Crippen molar-refractivity contribution in [1.29, 1.82) is 5.26 Å². The van der Waals surface area contributed by atoms with Gasteiger partial charge in [0.1, 0.15) is 11.5 Å². The number of para-hydroxylation sites is 1. The summed E-state index contributed by atoms with van der Waals surface area (Å²) < 4.78 is 11.1. The Balaban J connectivity index is 1.60. The SMILES string of the molecule is COCCN1C(=O)/C(=C\c2ccc(-c3ccc(C#N)cc3)o2)SC1=Nc1ccccc1. The van der Waals surface area contributed by atoms with E-state index in [1.165, 1.54) is 11.8 Å². The Bertz CT molecular complexity index is 1170. The van der Waals surface area contributed by atoms with Crippen LogP contribution in [0.3, 0.4) is 0 Å². The number of nitriles is 1. The van der Waals surface area contributed by atoms with Gasteiger partial charge in [0.15, 0.2) is 5.17 Å². The van der Waals surface area contributed by atoms with Gasteiger partial charge in [-0.1, -0.05) is 18.2 Å². The van der Waals surface area contributed by atoms with Crippen LogP contribution in [0.15, 0.2) is 81.0 Å².